The van der Waals surface area contributed by atoms with Crippen LogP contribution in [0, 0.1) is 17.8 Å². The van der Waals surface area contributed by atoms with Crippen molar-refractivity contribution in [2.24, 2.45) is 17.8 Å². The number of ether oxygens (including phenoxy) is 1. The predicted molar refractivity (Wildman–Crippen MR) is 103 cm³/mol. The molecule has 3 amide bonds. The molecule has 2 N–H and O–H groups in total. The largest absolute Gasteiger partial charge is 0.455 e. The van der Waals surface area contributed by atoms with Crippen LogP contribution in [0.15, 0.2) is 0 Å². The van der Waals surface area contributed by atoms with Gasteiger partial charge in [0.1, 0.15) is 0 Å². The molecule has 8 nitrogen and oxygen atoms in total. The number of carbonyl (C=O) groups is 4. The minimum absolute atomic E-state index is 0.00931. The van der Waals surface area contributed by atoms with E-state index in [9.17, 15) is 19.2 Å². The Kier molecular flexibility index (Phi) is 8.26. The second-order valence-corrected chi connectivity index (χ2v) is 8.02. The topological polar surface area (TPSA) is 105 Å². The van der Waals surface area contributed by atoms with Crippen molar-refractivity contribution in [2.45, 2.75) is 58.9 Å². The third kappa shape index (κ3) is 5.94. The van der Waals surface area contributed by atoms with E-state index in [0.29, 0.717) is 24.9 Å². The average molecular weight is 396 g/mol. The molecule has 0 spiro atoms. The van der Waals surface area contributed by atoms with Gasteiger partial charge < -0.3 is 20.3 Å². The summed E-state index contributed by atoms with van der Waals surface area (Å²) in [6.45, 7) is 6.64. The molecule has 0 aromatic rings. The van der Waals surface area contributed by atoms with Crippen molar-refractivity contribution in [1.82, 2.24) is 15.5 Å². The summed E-state index contributed by atoms with van der Waals surface area (Å²) in [6.07, 6.45) is 4.20. The Morgan fingerprint density at radius 1 is 1.14 bits per heavy atom. The van der Waals surface area contributed by atoms with Gasteiger partial charge in [0.15, 0.2) is 6.61 Å². The molecule has 8 heteroatoms. The molecule has 158 valence electrons. The molecule has 2 rings (SSSR count). The number of rotatable bonds is 8. The quantitative estimate of drug-likeness (QED) is 0.593. The zero-order chi connectivity index (χ0) is 20.7. The van der Waals surface area contributed by atoms with Crippen molar-refractivity contribution < 1.29 is 23.9 Å². The van der Waals surface area contributed by atoms with E-state index in [4.69, 9.17) is 4.74 Å². The lowest BCUT2D eigenvalue weighted by Crippen LogP contribution is -2.45. The Morgan fingerprint density at radius 2 is 1.89 bits per heavy atom. The fourth-order valence-corrected chi connectivity index (χ4v) is 4.02. The summed E-state index contributed by atoms with van der Waals surface area (Å²) >= 11 is 0. The number of hydrogen-bond donors (Lipinski definition) is 2. The Bertz CT molecular complexity index is 594. The van der Waals surface area contributed by atoms with Gasteiger partial charge in [-0.05, 0) is 24.7 Å². The van der Waals surface area contributed by atoms with Gasteiger partial charge in [0.2, 0.25) is 11.8 Å². The summed E-state index contributed by atoms with van der Waals surface area (Å²) in [4.78, 5) is 49.8. The smallest absolute Gasteiger partial charge is 0.311 e. The highest BCUT2D eigenvalue weighted by atomic mass is 16.5. The first-order valence-electron chi connectivity index (χ1n) is 10.3. The number of nitrogens with one attached hydrogen (secondary N) is 2. The summed E-state index contributed by atoms with van der Waals surface area (Å²) in [6, 6.07) is 0.180. The molecule has 2 fully saturated rings. The van der Waals surface area contributed by atoms with Crippen molar-refractivity contribution in [2.75, 3.05) is 26.2 Å². The van der Waals surface area contributed by atoms with Crippen LogP contribution < -0.4 is 10.6 Å². The molecule has 0 unspecified atom stereocenters. The van der Waals surface area contributed by atoms with Crippen LogP contribution in [0.2, 0.25) is 0 Å². The highest BCUT2D eigenvalue weighted by Crippen LogP contribution is 2.35. The molecular formula is C20H33N3O5. The molecule has 4 atom stereocenters. The molecule has 1 saturated heterocycles. The second kappa shape index (κ2) is 10.4. The van der Waals surface area contributed by atoms with Gasteiger partial charge >= 0.3 is 5.97 Å². The molecular weight excluding hydrogens is 362 g/mol. The monoisotopic (exact) mass is 395 g/mol. The van der Waals surface area contributed by atoms with Crippen LogP contribution >= 0.6 is 0 Å². The van der Waals surface area contributed by atoms with E-state index in [1.807, 2.05) is 11.8 Å². The lowest BCUT2D eigenvalue weighted by atomic mass is 9.77. The fraction of sp³-hybridized carbons (Fsp3) is 0.800. The van der Waals surface area contributed by atoms with Gasteiger partial charge in [0.25, 0.3) is 5.91 Å². The molecule has 0 aromatic carbocycles. The van der Waals surface area contributed by atoms with Crippen LogP contribution in [0.3, 0.4) is 0 Å². The van der Waals surface area contributed by atoms with E-state index in [0.717, 1.165) is 19.3 Å². The Balaban J connectivity index is 1.75. The molecule has 28 heavy (non-hydrogen) atoms. The molecule has 1 aliphatic heterocycles. The molecule has 0 radical (unpaired) electrons. The fourth-order valence-electron chi connectivity index (χ4n) is 4.02. The molecule has 2 aliphatic rings. The third-order valence-corrected chi connectivity index (χ3v) is 5.92. The summed E-state index contributed by atoms with van der Waals surface area (Å²) in [5.41, 5.74) is 0. The maximum atomic E-state index is 12.4. The van der Waals surface area contributed by atoms with Crippen molar-refractivity contribution in [1.29, 1.82) is 0 Å². The van der Waals surface area contributed by atoms with Crippen LogP contribution in [-0.4, -0.2) is 60.9 Å². The van der Waals surface area contributed by atoms with Crippen LogP contribution in [-0.2, 0) is 23.9 Å². The van der Waals surface area contributed by atoms with E-state index in [2.05, 4.69) is 24.5 Å². The predicted octanol–water partition coefficient (Wildman–Crippen LogP) is 0.845. The van der Waals surface area contributed by atoms with Crippen LogP contribution in [0.1, 0.15) is 52.9 Å². The zero-order valence-corrected chi connectivity index (χ0v) is 17.2. The van der Waals surface area contributed by atoms with Gasteiger partial charge in [-0.3, -0.25) is 19.2 Å². The number of amides is 3. The zero-order valence-electron chi connectivity index (χ0n) is 17.2. The van der Waals surface area contributed by atoms with E-state index in [1.165, 1.54) is 6.42 Å². The van der Waals surface area contributed by atoms with Crippen molar-refractivity contribution in [3.8, 4) is 0 Å². The van der Waals surface area contributed by atoms with Gasteiger partial charge in [-0.25, -0.2) is 0 Å². The second-order valence-electron chi connectivity index (χ2n) is 8.02. The Labute approximate surface area is 166 Å². The highest BCUT2D eigenvalue weighted by Gasteiger charge is 2.42. The summed E-state index contributed by atoms with van der Waals surface area (Å²) in [5.74, 6) is -0.904. The first kappa shape index (κ1) is 22.2. The Morgan fingerprint density at radius 3 is 2.61 bits per heavy atom. The van der Waals surface area contributed by atoms with Crippen LogP contribution in [0.25, 0.3) is 0 Å². The van der Waals surface area contributed by atoms with Gasteiger partial charge in [0, 0.05) is 25.6 Å². The summed E-state index contributed by atoms with van der Waals surface area (Å²) in [5, 5.41) is 5.05. The van der Waals surface area contributed by atoms with Gasteiger partial charge in [0.05, 0.1) is 12.5 Å². The highest BCUT2D eigenvalue weighted by molar-refractivity contribution is 5.89. The molecule has 1 saturated carbocycles. The lowest BCUT2D eigenvalue weighted by molar-refractivity contribution is -0.152. The van der Waals surface area contributed by atoms with Gasteiger partial charge in [-0.2, -0.15) is 0 Å². The van der Waals surface area contributed by atoms with Crippen LogP contribution in [0.5, 0.6) is 0 Å². The average Bonchev–Trinajstić information content (AvgIpc) is 3.06. The first-order valence-corrected chi connectivity index (χ1v) is 10.3. The molecule has 1 heterocycles. The number of carbonyl (C=O) groups excluding carboxylic acids is 4. The number of hydrogen-bond acceptors (Lipinski definition) is 5. The van der Waals surface area contributed by atoms with E-state index in [1.54, 1.807) is 0 Å². The lowest BCUT2D eigenvalue weighted by Gasteiger charge is -2.39. The SMILES string of the molecule is CCCNC(=O)CNC(=O)COC(=O)[C@H]1CC(=O)N([C@@H]2CCC[C@H](C)[C@@H]2C)C1. The summed E-state index contributed by atoms with van der Waals surface area (Å²) in [7, 11) is 0. The number of likely N-dealkylation sites (tertiary alicyclic amines) is 1. The Hall–Kier alpha value is -2.12. The molecule has 1 aliphatic carbocycles. The first-order chi connectivity index (χ1) is 13.3. The summed E-state index contributed by atoms with van der Waals surface area (Å²) < 4.78 is 5.07. The molecule has 0 aromatic heterocycles. The van der Waals surface area contributed by atoms with Crippen molar-refractivity contribution in [3.05, 3.63) is 0 Å². The normalized spacial score (nSPS) is 27.4. The van der Waals surface area contributed by atoms with Gasteiger partial charge in [-0.15, -0.1) is 0 Å². The minimum atomic E-state index is -0.532. The maximum absolute atomic E-state index is 12.4. The van der Waals surface area contributed by atoms with E-state index < -0.39 is 24.4 Å². The molecule has 0 bridgehead atoms. The van der Waals surface area contributed by atoms with Crippen molar-refractivity contribution in [3.63, 3.8) is 0 Å². The minimum Gasteiger partial charge on any atom is -0.455 e. The maximum Gasteiger partial charge on any atom is 0.311 e. The standard InChI is InChI=1S/C20H33N3O5/c1-4-8-21-17(24)10-22-18(25)12-28-20(27)15-9-19(26)23(11-15)16-7-5-6-13(2)14(16)3/h13-16H,4-12H2,1-3H3,(H,21,24)(H,22,25)/t13-,14-,15-,16+/m0/s1. The third-order valence-electron chi connectivity index (χ3n) is 5.92. The number of nitrogens with zero attached hydrogens (tertiary/aromatic N) is 1. The van der Waals surface area contributed by atoms with Gasteiger partial charge in [-0.1, -0.05) is 33.6 Å². The number of esters is 1. The van der Waals surface area contributed by atoms with Crippen LogP contribution in [0.4, 0.5) is 0 Å². The van der Waals surface area contributed by atoms with E-state index in [-0.39, 0.29) is 30.8 Å². The van der Waals surface area contributed by atoms with E-state index >= 15 is 0 Å². The van der Waals surface area contributed by atoms with Crippen molar-refractivity contribution >= 4 is 23.7 Å².